The number of phenolic OH excluding ortho intramolecular Hbond substituents is 1. The third-order valence-corrected chi connectivity index (χ3v) is 5.62. The van der Waals surface area contributed by atoms with Gasteiger partial charge in [0.25, 0.3) is 0 Å². The van der Waals surface area contributed by atoms with Crippen molar-refractivity contribution in [1.82, 2.24) is 0 Å². The van der Waals surface area contributed by atoms with Crippen molar-refractivity contribution < 1.29 is 28.9 Å². The minimum absolute atomic E-state index is 0.0287. The standard InChI is InChI=1S/C18H23ClO6/c1-9-6-10(20)7-13(25-5)18(9,2)17(22)14-11(23-3)8-12(24-4)15(19)16(14)21/h8-9,13,21H,6-7H2,1-5H3. The predicted octanol–water partition coefficient (Wildman–Crippen LogP) is 3.27. The Morgan fingerprint density at radius 3 is 2.36 bits per heavy atom. The van der Waals surface area contributed by atoms with E-state index in [0.29, 0.717) is 0 Å². The summed E-state index contributed by atoms with van der Waals surface area (Å²) in [5.74, 6) is -0.636. The van der Waals surface area contributed by atoms with E-state index in [0.717, 1.165) is 0 Å². The number of ketones is 2. The van der Waals surface area contributed by atoms with E-state index in [1.807, 2.05) is 6.92 Å². The topological polar surface area (TPSA) is 82.1 Å². The van der Waals surface area contributed by atoms with Gasteiger partial charge < -0.3 is 19.3 Å². The molecule has 0 aliphatic heterocycles. The summed E-state index contributed by atoms with van der Waals surface area (Å²) in [6.45, 7) is 3.58. The van der Waals surface area contributed by atoms with Gasteiger partial charge in [0.2, 0.25) is 0 Å². The molecule has 3 unspecified atom stereocenters. The van der Waals surface area contributed by atoms with E-state index in [1.54, 1.807) is 6.92 Å². The maximum Gasteiger partial charge on any atom is 0.179 e. The highest BCUT2D eigenvalue weighted by molar-refractivity contribution is 6.34. The fourth-order valence-electron chi connectivity index (χ4n) is 3.47. The first kappa shape index (κ1) is 19.5. The highest BCUT2D eigenvalue weighted by atomic mass is 35.5. The van der Waals surface area contributed by atoms with Crippen molar-refractivity contribution in [3.05, 3.63) is 16.7 Å². The summed E-state index contributed by atoms with van der Waals surface area (Å²) < 4.78 is 15.8. The van der Waals surface area contributed by atoms with Crippen molar-refractivity contribution >= 4 is 23.2 Å². The van der Waals surface area contributed by atoms with Crippen LogP contribution in [-0.4, -0.2) is 44.1 Å². The van der Waals surface area contributed by atoms with Gasteiger partial charge in [0.15, 0.2) is 11.5 Å². The number of hydrogen-bond donors (Lipinski definition) is 1. The van der Waals surface area contributed by atoms with Crippen LogP contribution in [0.15, 0.2) is 6.07 Å². The molecule has 1 fully saturated rings. The quantitative estimate of drug-likeness (QED) is 0.801. The molecule has 1 aromatic carbocycles. The van der Waals surface area contributed by atoms with Gasteiger partial charge in [-0.3, -0.25) is 9.59 Å². The van der Waals surface area contributed by atoms with Gasteiger partial charge in [0, 0.05) is 26.0 Å². The van der Waals surface area contributed by atoms with Crippen LogP contribution in [0.4, 0.5) is 0 Å². The lowest BCUT2D eigenvalue weighted by molar-refractivity contribution is -0.132. The summed E-state index contributed by atoms with van der Waals surface area (Å²) >= 11 is 6.12. The average Bonchev–Trinajstić information content (AvgIpc) is 2.59. The number of hydrogen-bond acceptors (Lipinski definition) is 6. The molecule has 0 heterocycles. The minimum atomic E-state index is -1.01. The molecule has 25 heavy (non-hydrogen) atoms. The predicted molar refractivity (Wildman–Crippen MR) is 92.9 cm³/mol. The molecule has 0 spiro atoms. The van der Waals surface area contributed by atoms with Crippen LogP contribution in [0.2, 0.25) is 5.02 Å². The number of Topliss-reactive ketones (excluding diaryl/α,β-unsaturated/α-hetero) is 2. The minimum Gasteiger partial charge on any atom is -0.505 e. The zero-order valence-corrected chi connectivity index (χ0v) is 15.8. The van der Waals surface area contributed by atoms with Gasteiger partial charge in [0.05, 0.1) is 25.7 Å². The highest BCUT2D eigenvalue weighted by Gasteiger charge is 2.52. The zero-order chi connectivity index (χ0) is 18.9. The molecule has 1 aromatic rings. The molecule has 0 amide bonds. The molecule has 1 saturated carbocycles. The maximum atomic E-state index is 13.4. The molecule has 138 valence electrons. The SMILES string of the molecule is COc1cc(OC)c(C(=O)C2(C)C(C)CC(=O)CC2OC)c(O)c1Cl. The average molecular weight is 371 g/mol. The number of carbonyl (C=O) groups is 2. The summed E-state index contributed by atoms with van der Waals surface area (Å²) in [5, 5.41) is 10.4. The first-order valence-electron chi connectivity index (χ1n) is 7.95. The van der Waals surface area contributed by atoms with Gasteiger partial charge in [-0.05, 0) is 12.8 Å². The number of aromatic hydroxyl groups is 1. The Balaban J connectivity index is 2.63. The second-order valence-corrected chi connectivity index (χ2v) is 6.88. The number of halogens is 1. The molecule has 7 heteroatoms. The Morgan fingerprint density at radius 1 is 1.24 bits per heavy atom. The van der Waals surface area contributed by atoms with E-state index in [1.165, 1.54) is 27.4 Å². The van der Waals surface area contributed by atoms with Crippen molar-refractivity contribution in [3.63, 3.8) is 0 Å². The van der Waals surface area contributed by atoms with Crippen LogP contribution < -0.4 is 9.47 Å². The van der Waals surface area contributed by atoms with Gasteiger partial charge in [-0.15, -0.1) is 0 Å². The van der Waals surface area contributed by atoms with Crippen LogP contribution in [0.3, 0.4) is 0 Å². The first-order valence-corrected chi connectivity index (χ1v) is 8.32. The third-order valence-electron chi connectivity index (χ3n) is 5.25. The zero-order valence-electron chi connectivity index (χ0n) is 15.0. The van der Waals surface area contributed by atoms with Gasteiger partial charge in [0.1, 0.15) is 27.9 Å². The monoisotopic (exact) mass is 370 g/mol. The molecule has 1 N–H and O–H groups in total. The molecule has 1 aliphatic carbocycles. The second kappa shape index (κ2) is 7.22. The van der Waals surface area contributed by atoms with Crippen molar-refractivity contribution in [2.24, 2.45) is 11.3 Å². The van der Waals surface area contributed by atoms with Crippen LogP contribution in [0.1, 0.15) is 37.0 Å². The molecule has 2 rings (SSSR count). The second-order valence-electron chi connectivity index (χ2n) is 6.50. The Labute approximate surface area is 152 Å². The number of carbonyl (C=O) groups excluding carboxylic acids is 2. The number of benzene rings is 1. The van der Waals surface area contributed by atoms with Crippen molar-refractivity contribution in [2.45, 2.75) is 32.8 Å². The van der Waals surface area contributed by atoms with Crippen molar-refractivity contribution in [3.8, 4) is 17.2 Å². The number of phenols is 1. The van der Waals surface area contributed by atoms with Crippen LogP contribution >= 0.6 is 11.6 Å². The summed E-state index contributed by atoms with van der Waals surface area (Å²) in [6.07, 6.45) is -0.174. The van der Waals surface area contributed by atoms with E-state index in [4.69, 9.17) is 25.8 Å². The molecule has 3 atom stereocenters. The highest BCUT2D eigenvalue weighted by Crippen LogP contribution is 2.49. The lowest BCUT2D eigenvalue weighted by Crippen LogP contribution is -2.51. The Kier molecular flexibility index (Phi) is 5.64. The van der Waals surface area contributed by atoms with Crippen LogP contribution in [0.5, 0.6) is 17.2 Å². The normalized spacial score (nSPS) is 26.4. The molecular weight excluding hydrogens is 348 g/mol. The Bertz CT molecular complexity index is 701. The fourth-order valence-corrected chi connectivity index (χ4v) is 3.69. The van der Waals surface area contributed by atoms with Crippen LogP contribution in [0.25, 0.3) is 0 Å². The molecular formula is C18H23ClO6. The fraction of sp³-hybridized carbons (Fsp3) is 0.556. The molecule has 0 aromatic heterocycles. The maximum absolute atomic E-state index is 13.4. The van der Waals surface area contributed by atoms with E-state index >= 15 is 0 Å². The smallest absolute Gasteiger partial charge is 0.179 e. The molecule has 6 nitrogen and oxygen atoms in total. The van der Waals surface area contributed by atoms with Crippen molar-refractivity contribution in [1.29, 1.82) is 0 Å². The van der Waals surface area contributed by atoms with Crippen LogP contribution in [-0.2, 0) is 9.53 Å². The summed E-state index contributed by atoms with van der Waals surface area (Å²) in [5.41, 5.74) is -1.04. The summed E-state index contributed by atoms with van der Waals surface area (Å²) in [4.78, 5) is 25.3. The lowest BCUT2D eigenvalue weighted by atomic mass is 9.62. The Hall–Kier alpha value is -1.79. The van der Waals surface area contributed by atoms with E-state index in [9.17, 15) is 14.7 Å². The third kappa shape index (κ3) is 3.09. The Morgan fingerprint density at radius 2 is 1.84 bits per heavy atom. The van der Waals surface area contributed by atoms with Gasteiger partial charge in [-0.25, -0.2) is 0 Å². The van der Waals surface area contributed by atoms with E-state index < -0.39 is 17.3 Å². The van der Waals surface area contributed by atoms with E-state index in [-0.39, 0.29) is 52.4 Å². The van der Waals surface area contributed by atoms with Crippen molar-refractivity contribution in [2.75, 3.05) is 21.3 Å². The summed E-state index contributed by atoms with van der Waals surface area (Å²) in [7, 11) is 4.27. The first-order chi connectivity index (χ1) is 11.7. The molecule has 0 radical (unpaired) electrons. The van der Waals surface area contributed by atoms with Gasteiger partial charge in [-0.1, -0.05) is 18.5 Å². The molecule has 1 aliphatic rings. The number of ether oxygens (including phenoxy) is 3. The van der Waals surface area contributed by atoms with Gasteiger partial charge in [-0.2, -0.15) is 0 Å². The van der Waals surface area contributed by atoms with E-state index in [2.05, 4.69) is 0 Å². The molecule has 0 bridgehead atoms. The molecule has 0 saturated heterocycles. The number of methoxy groups -OCH3 is 3. The number of rotatable bonds is 5. The lowest BCUT2D eigenvalue weighted by Gasteiger charge is -2.43. The largest absolute Gasteiger partial charge is 0.505 e. The van der Waals surface area contributed by atoms with Crippen LogP contribution in [0, 0.1) is 11.3 Å². The summed E-state index contributed by atoms with van der Waals surface area (Å²) in [6, 6.07) is 1.46. The van der Waals surface area contributed by atoms with Gasteiger partial charge >= 0.3 is 0 Å².